The van der Waals surface area contributed by atoms with E-state index in [2.05, 4.69) is 0 Å². The molecule has 5 heteroatoms. The second-order valence-electron chi connectivity index (χ2n) is 5.09. The van der Waals surface area contributed by atoms with Crippen LogP contribution in [0.15, 0.2) is 0 Å². The predicted molar refractivity (Wildman–Crippen MR) is 62.8 cm³/mol. The van der Waals surface area contributed by atoms with Crippen LogP contribution in [0.5, 0.6) is 0 Å². The molecule has 0 spiro atoms. The molecule has 0 saturated carbocycles. The largest absolute Gasteiger partial charge is 0.481 e. The molecule has 0 bridgehead atoms. The summed E-state index contributed by atoms with van der Waals surface area (Å²) in [5.41, 5.74) is -0.713. The maximum atomic E-state index is 12.1. The molecule has 1 unspecified atom stereocenters. The Bertz CT molecular complexity index is 326. The molecule has 0 aromatic heterocycles. The Labute approximate surface area is 101 Å². The number of rotatable bonds is 2. The molecule has 0 aliphatic carbocycles. The normalized spacial score (nSPS) is 28.8. The fourth-order valence-electron chi connectivity index (χ4n) is 2.76. The first kappa shape index (κ1) is 12.2. The van der Waals surface area contributed by atoms with Crippen LogP contribution in [0.3, 0.4) is 0 Å². The van der Waals surface area contributed by atoms with Gasteiger partial charge < -0.3 is 14.9 Å². The maximum Gasteiger partial charge on any atom is 0.320 e. The van der Waals surface area contributed by atoms with Crippen LogP contribution >= 0.6 is 0 Å². The highest BCUT2D eigenvalue weighted by atomic mass is 16.4. The standard InChI is InChI=1S/C12H20N2O3/c1-2-12(10(15)16)5-8-14(9-12)11(17)13-6-3-4-7-13/h2-9H2,1H3,(H,15,16). The Morgan fingerprint density at radius 1 is 1.18 bits per heavy atom. The lowest BCUT2D eigenvalue weighted by atomic mass is 9.84. The number of likely N-dealkylation sites (tertiary alicyclic amines) is 2. The molecule has 2 aliphatic heterocycles. The van der Waals surface area contributed by atoms with Crippen molar-refractivity contribution in [1.29, 1.82) is 0 Å². The summed E-state index contributed by atoms with van der Waals surface area (Å²) in [6.45, 7) is 4.48. The molecule has 0 aromatic rings. The van der Waals surface area contributed by atoms with E-state index in [1.165, 1.54) is 0 Å². The van der Waals surface area contributed by atoms with E-state index in [-0.39, 0.29) is 6.03 Å². The smallest absolute Gasteiger partial charge is 0.320 e. The summed E-state index contributed by atoms with van der Waals surface area (Å²) >= 11 is 0. The lowest BCUT2D eigenvalue weighted by Crippen LogP contribution is -2.42. The molecule has 2 fully saturated rings. The van der Waals surface area contributed by atoms with Crippen LogP contribution < -0.4 is 0 Å². The number of amides is 2. The number of carbonyl (C=O) groups excluding carboxylic acids is 1. The highest BCUT2D eigenvalue weighted by Gasteiger charge is 2.45. The van der Waals surface area contributed by atoms with Crippen LogP contribution in [-0.2, 0) is 4.79 Å². The molecule has 0 aromatic carbocycles. The summed E-state index contributed by atoms with van der Waals surface area (Å²) < 4.78 is 0. The summed E-state index contributed by atoms with van der Waals surface area (Å²) in [5.74, 6) is -0.767. The summed E-state index contributed by atoms with van der Waals surface area (Å²) in [6.07, 6.45) is 3.30. The molecule has 17 heavy (non-hydrogen) atoms. The summed E-state index contributed by atoms with van der Waals surface area (Å²) in [5, 5.41) is 9.28. The van der Waals surface area contributed by atoms with Crippen LogP contribution in [0.4, 0.5) is 4.79 Å². The minimum absolute atomic E-state index is 0.0269. The number of aliphatic carboxylic acids is 1. The van der Waals surface area contributed by atoms with Gasteiger partial charge in [0.2, 0.25) is 0 Å². The first-order chi connectivity index (χ1) is 8.09. The zero-order valence-corrected chi connectivity index (χ0v) is 10.3. The van der Waals surface area contributed by atoms with Crippen LogP contribution in [0, 0.1) is 5.41 Å². The molecule has 1 N–H and O–H groups in total. The van der Waals surface area contributed by atoms with Gasteiger partial charge >= 0.3 is 12.0 Å². The number of urea groups is 1. The van der Waals surface area contributed by atoms with E-state index in [1.807, 2.05) is 11.8 Å². The highest BCUT2D eigenvalue weighted by molar-refractivity contribution is 5.80. The molecular weight excluding hydrogens is 220 g/mol. The summed E-state index contributed by atoms with van der Waals surface area (Å²) in [4.78, 5) is 27.0. The molecule has 0 radical (unpaired) electrons. The van der Waals surface area contributed by atoms with Crippen molar-refractivity contribution in [2.24, 2.45) is 5.41 Å². The van der Waals surface area contributed by atoms with Gasteiger partial charge in [-0.15, -0.1) is 0 Å². The van der Waals surface area contributed by atoms with Gasteiger partial charge in [0, 0.05) is 26.2 Å². The second-order valence-corrected chi connectivity index (χ2v) is 5.09. The van der Waals surface area contributed by atoms with Gasteiger partial charge in [0.25, 0.3) is 0 Å². The van der Waals surface area contributed by atoms with E-state index < -0.39 is 11.4 Å². The van der Waals surface area contributed by atoms with Gasteiger partial charge in [-0.3, -0.25) is 4.79 Å². The number of hydrogen-bond donors (Lipinski definition) is 1. The van der Waals surface area contributed by atoms with Crippen molar-refractivity contribution in [3.63, 3.8) is 0 Å². The Hall–Kier alpha value is -1.26. The maximum absolute atomic E-state index is 12.1. The summed E-state index contributed by atoms with van der Waals surface area (Å²) in [6, 6.07) is 0.0269. The van der Waals surface area contributed by atoms with Gasteiger partial charge in [0.15, 0.2) is 0 Å². The average molecular weight is 240 g/mol. The van der Waals surface area contributed by atoms with Gasteiger partial charge in [-0.1, -0.05) is 6.92 Å². The zero-order valence-electron chi connectivity index (χ0n) is 10.3. The molecule has 2 heterocycles. The average Bonchev–Trinajstić information content (AvgIpc) is 2.98. The van der Waals surface area contributed by atoms with Gasteiger partial charge in [0.1, 0.15) is 0 Å². The van der Waals surface area contributed by atoms with Crippen molar-refractivity contribution in [2.75, 3.05) is 26.2 Å². The number of carboxylic acids is 1. The Morgan fingerprint density at radius 3 is 2.29 bits per heavy atom. The number of nitrogens with zero attached hydrogens (tertiary/aromatic N) is 2. The zero-order chi connectivity index (χ0) is 12.5. The van der Waals surface area contributed by atoms with E-state index in [1.54, 1.807) is 4.90 Å². The SMILES string of the molecule is CCC1(C(=O)O)CCN(C(=O)N2CCCC2)C1. The van der Waals surface area contributed by atoms with Crippen molar-refractivity contribution in [2.45, 2.75) is 32.6 Å². The van der Waals surface area contributed by atoms with Crippen LogP contribution in [0.1, 0.15) is 32.6 Å². The van der Waals surface area contributed by atoms with Gasteiger partial charge in [-0.25, -0.2) is 4.79 Å². The molecule has 1 atom stereocenters. The van der Waals surface area contributed by atoms with Gasteiger partial charge in [0.05, 0.1) is 5.41 Å². The van der Waals surface area contributed by atoms with Crippen LogP contribution in [-0.4, -0.2) is 53.1 Å². The van der Waals surface area contributed by atoms with Crippen molar-refractivity contribution in [3.8, 4) is 0 Å². The quantitative estimate of drug-likeness (QED) is 0.793. The third-order valence-corrected chi connectivity index (χ3v) is 4.13. The number of carbonyl (C=O) groups is 2. The lowest BCUT2D eigenvalue weighted by Gasteiger charge is -2.26. The van der Waals surface area contributed by atoms with Crippen molar-refractivity contribution >= 4 is 12.0 Å². The summed E-state index contributed by atoms with van der Waals surface area (Å²) in [7, 11) is 0. The fraction of sp³-hybridized carbons (Fsp3) is 0.833. The topological polar surface area (TPSA) is 60.9 Å². The van der Waals surface area contributed by atoms with Crippen LogP contribution in [0.2, 0.25) is 0 Å². The van der Waals surface area contributed by atoms with E-state index >= 15 is 0 Å². The third-order valence-electron chi connectivity index (χ3n) is 4.13. The monoisotopic (exact) mass is 240 g/mol. The molecular formula is C12H20N2O3. The Balaban J connectivity index is 2.01. The Kier molecular flexibility index (Phi) is 3.26. The first-order valence-corrected chi connectivity index (χ1v) is 6.36. The highest BCUT2D eigenvalue weighted by Crippen LogP contribution is 2.34. The van der Waals surface area contributed by atoms with Gasteiger partial charge in [-0.2, -0.15) is 0 Å². The van der Waals surface area contributed by atoms with E-state index in [0.717, 1.165) is 25.9 Å². The van der Waals surface area contributed by atoms with Crippen molar-refractivity contribution in [1.82, 2.24) is 9.80 Å². The number of carboxylic acid groups (broad SMARTS) is 1. The number of hydrogen-bond acceptors (Lipinski definition) is 2. The molecule has 2 rings (SSSR count). The third kappa shape index (κ3) is 2.10. The Morgan fingerprint density at radius 2 is 1.82 bits per heavy atom. The van der Waals surface area contributed by atoms with Crippen molar-refractivity contribution in [3.05, 3.63) is 0 Å². The molecule has 2 aliphatic rings. The van der Waals surface area contributed by atoms with E-state index in [0.29, 0.717) is 25.9 Å². The van der Waals surface area contributed by atoms with Crippen molar-refractivity contribution < 1.29 is 14.7 Å². The van der Waals surface area contributed by atoms with E-state index in [9.17, 15) is 14.7 Å². The first-order valence-electron chi connectivity index (χ1n) is 6.36. The van der Waals surface area contributed by atoms with E-state index in [4.69, 9.17) is 0 Å². The fourth-order valence-corrected chi connectivity index (χ4v) is 2.76. The lowest BCUT2D eigenvalue weighted by molar-refractivity contribution is -0.148. The van der Waals surface area contributed by atoms with Crippen LogP contribution in [0.25, 0.3) is 0 Å². The van der Waals surface area contributed by atoms with Gasteiger partial charge in [-0.05, 0) is 25.7 Å². The molecule has 5 nitrogen and oxygen atoms in total. The second kappa shape index (κ2) is 4.55. The molecule has 2 amide bonds. The molecule has 96 valence electrons. The minimum atomic E-state index is -0.767. The minimum Gasteiger partial charge on any atom is -0.481 e. The molecule has 2 saturated heterocycles. The predicted octanol–water partition coefficient (Wildman–Crippen LogP) is 1.39.